The Morgan fingerprint density at radius 2 is 1.78 bits per heavy atom. The van der Waals surface area contributed by atoms with E-state index in [1.165, 1.54) is 0 Å². The molecule has 188 valence electrons. The molecular weight excluding hydrogens is 482 g/mol. The molecule has 2 heterocycles. The van der Waals surface area contributed by atoms with Crippen molar-refractivity contribution in [2.24, 2.45) is 0 Å². The molecule has 1 aromatic heterocycles. The van der Waals surface area contributed by atoms with Crippen LogP contribution in [0.2, 0.25) is 0 Å². The largest absolute Gasteiger partial charge is 0.465 e. The summed E-state index contributed by atoms with van der Waals surface area (Å²) in [5.41, 5.74) is 3.26. The summed E-state index contributed by atoms with van der Waals surface area (Å²) < 4.78 is 32.7. The molecule has 0 fully saturated rings. The number of nitrogens with one attached hydrogen (secondary N) is 2. The number of esters is 1. The molecule has 0 radical (unpaired) electrons. The van der Waals surface area contributed by atoms with Crippen molar-refractivity contribution >= 4 is 34.5 Å². The Bertz CT molecular complexity index is 1580. The number of benzene rings is 3. The van der Waals surface area contributed by atoms with Crippen LogP contribution in [0.25, 0.3) is 11.0 Å². The first-order chi connectivity index (χ1) is 17.7. The fraction of sp³-hybridized carbons (Fsp3) is 0.185. The molecule has 5 rings (SSSR count). The van der Waals surface area contributed by atoms with E-state index in [1.807, 2.05) is 6.92 Å². The highest BCUT2D eigenvalue weighted by Gasteiger charge is 2.24. The number of ether oxygens (including phenoxy) is 1. The average molecular weight is 504 g/mol. The number of anilines is 1. The van der Waals surface area contributed by atoms with Crippen LogP contribution in [0.15, 0.2) is 48.5 Å². The van der Waals surface area contributed by atoms with E-state index in [9.17, 15) is 23.2 Å². The molecule has 0 saturated heterocycles. The van der Waals surface area contributed by atoms with Gasteiger partial charge in [0.25, 0.3) is 11.8 Å². The van der Waals surface area contributed by atoms with Gasteiger partial charge in [-0.3, -0.25) is 9.59 Å². The SMILES string of the molecule is COC(=O)c1cc(NC(=O)c2ccc3c(c2)CN(C(=O)c2ccc4nc(C)[nH]c4c2)CC3)c(F)cc1F. The number of aromatic amines is 1. The Morgan fingerprint density at radius 1 is 1.00 bits per heavy atom. The van der Waals surface area contributed by atoms with E-state index in [1.54, 1.807) is 41.3 Å². The molecule has 10 heteroatoms. The van der Waals surface area contributed by atoms with Gasteiger partial charge in [-0.15, -0.1) is 0 Å². The molecule has 8 nitrogen and oxygen atoms in total. The summed E-state index contributed by atoms with van der Waals surface area (Å²) in [7, 11) is 1.07. The number of nitrogens with zero attached hydrogens (tertiary/aromatic N) is 2. The van der Waals surface area contributed by atoms with Crippen molar-refractivity contribution in [1.82, 2.24) is 14.9 Å². The minimum absolute atomic E-state index is 0.140. The first kappa shape index (κ1) is 24.1. The zero-order valence-corrected chi connectivity index (χ0v) is 20.0. The van der Waals surface area contributed by atoms with Crippen molar-refractivity contribution in [3.8, 4) is 0 Å². The number of aryl methyl sites for hydroxylation is 1. The Kier molecular flexibility index (Phi) is 6.16. The summed E-state index contributed by atoms with van der Waals surface area (Å²) in [5.74, 6) is -3.14. The normalized spacial score (nSPS) is 12.8. The minimum atomic E-state index is -1.09. The second-order valence-electron chi connectivity index (χ2n) is 8.77. The predicted molar refractivity (Wildman–Crippen MR) is 131 cm³/mol. The van der Waals surface area contributed by atoms with Crippen molar-refractivity contribution in [1.29, 1.82) is 0 Å². The van der Waals surface area contributed by atoms with Crippen molar-refractivity contribution in [2.45, 2.75) is 19.9 Å². The highest BCUT2D eigenvalue weighted by atomic mass is 19.1. The number of amides is 2. The summed E-state index contributed by atoms with van der Waals surface area (Å²) in [6, 6.07) is 11.8. The first-order valence-electron chi connectivity index (χ1n) is 11.5. The monoisotopic (exact) mass is 504 g/mol. The highest BCUT2D eigenvalue weighted by molar-refractivity contribution is 6.05. The van der Waals surface area contributed by atoms with Gasteiger partial charge in [0, 0.05) is 30.3 Å². The van der Waals surface area contributed by atoms with Gasteiger partial charge in [0.1, 0.15) is 17.5 Å². The van der Waals surface area contributed by atoms with Gasteiger partial charge in [0.15, 0.2) is 0 Å². The number of rotatable bonds is 4. The molecular formula is C27H22F2N4O4. The van der Waals surface area contributed by atoms with Crippen LogP contribution in [0.1, 0.15) is 48.0 Å². The van der Waals surface area contributed by atoms with Gasteiger partial charge < -0.3 is 19.9 Å². The molecule has 2 N–H and O–H groups in total. The first-order valence-corrected chi connectivity index (χ1v) is 11.5. The van der Waals surface area contributed by atoms with Gasteiger partial charge in [-0.05, 0) is 60.9 Å². The van der Waals surface area contributed by atoms with Gasteiger partial charge in [-0.25, -0.2) is 18.6 Å². The quantitative estimate of drug-likeness (QED) is 0.401. The maximum atomic E-state index is 14.3. The van der Waals surface area contributed by atoms with Crippen LogP contribution in [-0.2, 0) is 17.7 Å². The molecule has 0 atom stereocenters. The maximum Gasteiger partial charge on any atom is 0.340 e. The standard InChI is InChI=1S/C27H22F2N4O4/c1-14-30-22-6-5-17(10-24(22)31-14)26(35)33-8-7-15-3-4-16(9-18(15)13-33)25(34)32-23-11-19(27(36)37-2)20(28)12-21(23)29/h3-6,9-12H,7-8,13H2,1-2H3,(H,30,31)(H,32,34). The predicted octanol–water partition coefficient (Wildman–Crippen LogP) is 4.39. The summed E-state index contributed by atoms with van der Waals surface area (Å²) >= 11 is 0. The molecule has 2 amide bonds. The summed E-state index contributed by atoms with van der Waals surface area (Å²) in [5, 5.41) is 2.38. The summed E-state index contributed by atoms with van der Waals surface area (Å²) in [6.45, 7) is 2.67. The fourth-order valence-corrected chi connectivity index (χ4v) is 4.43. The number of carbonyl (C=O) groups excluding carboxylic acids is 3. The third kappa shape index (κ3) is 4.65. The van der Waals surface area contributed by atoms with E-state index in [0.29, 0.717) is 31.1 Å². The topological polar surface area (TPSA) is 104 Å². The van der Waals surface area contributed by atoms with Crippen LogP contribution < -0.4 is 5.32 Å². The van der Waals surface area contributed by atoms with E-state index in [4.69, 9.17) is 0 Å². The number of methoxy groups -OCH3 is 1. The Morgan fingerprint density at radius 3 is 2.57 bits per heavy atom. The molecule has 0 spiro atoms. The van der Waals surface area contributed by atoms with Gasteiger partial charge in [0.2, 0.25) is 0 Å². The number of halogens is 2. The van der Waals surface area contributed by atoms with Gasteiger partial charge in [-0.1, -0.05) is 6.07 Å². The van der Waals surface area contributed by atoms with Crippen molar-refractivity contribution in [3.05, 3.63) is 93.8 Å². The second-order valence-corrected chi connectivity index (χ2v) is 8.77. The molecule has 1 aliphatic rings. The van der Waals surface area contributed by atoms with Crippen LogP contribution >= 0.6 is 0 Å². The number of aromatic nitrogens is 2. The molecule has 0 aliphatic carbocycles. The lowest BCUT2D eigenvalue weighted by Gasteiger charge is -2.29. The van der Waals surface area contributed by atoms with E-state index < -0.39 is 29.1 Å². The molecule has 0 saturated carbocycles. The number of hydrogen-bond donors (Lipinski definition) is 2. The number of hydrogen-bond acceptors (Lipinski definition) is 5. The average Bonchev–Trinajstić information content (AvgIpc) is 3.27. The van der Waals surface area contributed by atoms with E-state index >= 15 is 0 Å². The van der Waals surface area contributed by atoms with Crippen molar-refractivity contribution in [3.63, 3.8) is 0 Å². The van der Waals surface area contributed by atoms with Crippen LogP contribution in [-0.4, -0.2) is 46.3 Å². The van der Waals surface area contributed by atoms with Gasteiger partial charge in [-0.2, -0.15) is 0 Å². The van der Waals surface area contributed by atoms with Gasteiger partial charge in [0.05, 0.1) is 29.4 Å². The minimum Gasteiger partial charge on any atom is -0.465 e. The molecule has 1 aliphatic heterocycles. The molecule has 37 heavy (non-hydrogen) atoms. The Hall–Kier alpha value is -4.60. The molecule has 0 bridgehead atoms. The van der Waals surface area contributed by atoms with Crippen LogP contribution in [0.3, 0.4) is 0 Å². The summed E-state index contributed by atoms with van der Waals surface area (Å²) in [6.07, 6.45) is 0.615. The highest BCUT2D eigenvalue weighted by Crippen LogP contribution is 2.25. The van der Waals surface area contributed by atoms with Crippen LogP contribution in [0.4, 0.5) is 14.5 Å². The number of imidazole rings is 1. The lowest BCUT2D eigenvalue weighted by atomic mass is 9.96. The lowest BCUT2D eigenvalue weighted by Crippen LogP contribution is -2.36. The van der Waals surface area contributed by atoms with Crippen LogP contribution in [0.5, 0.6) is 0 Å². The smallest absolute Gasteiger partial charge is 0.340 e. The van der Waals surface area contributed by atoms with E-state index in [0.717, 1.165) is 41.2 Å². The Labute approximate surface area is 210 Å². The van der Waals surface area contributed by atoms with Crippen LogP contribution in [0, 0.1) is 18.6 Å². The van der Waals surface area contributed by atoms with Crippen molar-refractivity contribution < 1.29 is 27.9 Å². The van der Waals surface area contributed by atoms with E-state index in [2.05, 4.69) is 20.0 Å². The van der Waals surface area contributed by atoms with Gasteiger partial charge >= 0.3 is 5.97 Å². The van der Waals surface area contributed by atoms with E-state index in [-0.39, 0.29) is 17.2 Å². The number of carbonyl (C=O) groups is 3. The molecule has 3 aromatic carbocycles. The number of H-pyrrole nitrogens is 1. The summed E-state index contributed by atoms with van der Waals surface area (Å²) in [4.78, 5) is 47.0. The maximum absolute atomic E-state index is 14.3. The zero-order valence-electron chi connectivity index (χ0n) is 20.0. The third-order valence-corrected chi connectivity index (χ3v) is 6.33. The third-order valence-electron chi connectivity index (χ3n) is 6.33. The molecule has 4 aromatic rings. The Balaban J connectivity index is 1.35. The second kappa shape index (κ2) is 9.45. The molecule has 0 unspecified atom stereocenters. The lowest BCUT2D eigenvalue weighted by molar-refractivity contribution is 0.0594. The number of fused-ring (bicyclic) bond motifs is 2. The zero-order chi connectivity index (χ0) is 26.3. The fourth-order valence-electron chi connectivity index (χ4n) is 4.43. The van der Waals surface area contributed by atoms with Crippen molar-refractivity contribution in [2.75, 3.05) is 19.0 Å².